The Balaban J connectivity index is 2.00. The molecule has 0 amide bonds. The van der Waals surface area contributed by atoms with Gasteiger partial charge in [-0.05, 0) is 37.8 Å². The highest BCUT2D eigenvalue weighted by Gasteiger charge is 2.20. The van der Waals surface area contributed by atoms with E-state index in [4.69, 9.17) is 5.84 Å². The molecule has 0 bridgehead atoms. The highest BCUT2D eigenvalue weighted by Crippen LogP contribution is 2.34. The average Bonchev–Trinajstić information content (AvgIpc) is 2.68. The lowest BCUT2D eigenvalue weighted by Crippen LogP contribution is -2.29. The summed E-state index contributed by atoms with van der Waals surface area (Å²) in [6.07, 6.45) is 8.22. The van der Waals surface area contributed by atoms with Crippen molar-refractivity contribution in [1.29, 1.82) is 0 Å². The van der Waals surface area contributed by atoms with Crippen LogP contribution in [0.25, 0.3) is 0 Å². The van der Waals surface area contributed by atoms with Crippen LogP contribution in [0, 0.1) is 19.8 Å². The smallest absolute Gasteiger partial charge is 0.0556 e. The predicted molar refractivity (Wildman–Crippen MR) is 75.0 cm³/mol. The largest absolute Gasteiger partial charge is 0.271 e. The van der Waals surface area contributed by atoms with Gasteiger partial charge in [0.2, 0.25) is 0 Å². The quantitative estimate of drug-likeness (QED) is 0.631. The second-order valence-corrected chi connectivity index (χ2v) is 6.63. The van der Waals surface area contributed by atoms with Gasteiger partial charge in [0, 0.05) is 9.75 Å². The molecule has 1 saturated carbocycles. The van der Waals surface area contributed by atoms with E-state index in [0.29, 0.717) is 6.04 Å². The van der Waals surface area contributed by atoms with Crippen LogP contribution in [0.2, 0.25) is 0 Å². The van der Waals surface area contributed by atoms with Gasteiger partial charge in [0.25, 0.3) is 0 Å². The molecule has 3 heteroatoms. The number of hydrazine groups is 1. The lowest BCUT2D eigenvalue weighted by atomic mass is 9.84. The van der Waals surface area contributed by atoms with E-state index in [0.717, 1.165) is 5.92 Å². The molecule has 0 radical (unpaired) electrons. The second-order valence-electron chi connectivity index (χ2n) is 5.35. The highest BCUT2D eigenvalue weighted by molar-refractivity contribution is 7.12. The zero-order chi connectivity index (χ0) is 12.3. The molecular formula is C14H24N2S. The number of nitrogens with two attached hydrogens (primary N) is 1. The fraction of sp³-hybridized carbons (Fsp3) is 0.714. The molecule has 1 aliphatic rings. The molecule has 0 spiro atoms. The van der Waals surface area contributed by atoms with Crippen molar-refractivity contribution >= 4 is 11.3 Å². The standard InChI is InChI=1S/C14H24N2S/c1-10-8-14(17-11(10)2)13(16-15)9-12-6-4-3-5-7-12/h8,12-13,16H,3-7,9,15H2,1-2H3. The first-order valence-electron chi connectivity index (χ1n) is 6.73. The van der Waals surface area contributed by atoms with E-state index in [1.807, 2.05) is 11.3 Å². The summed E-state index contributed by atoms with van der Waals surface area (Å²) >= 11 is 1.89. The molecule has 0 saturated heterocycles. The van der Waals surface area contributed by atoms with Gasteiger partial charge in [-0.1, -0.05) is 32.1 Å². The maximum Gasteiger partial charge on any atom is 0.0556 e. The Hall–Kier alpha value is -0.380. The fourth-order valence-electron chi connectivity index (χ4n) is 2.80. The third-order valence-electron chi connectivity index (χ3n) is 4.02. The van der Waals surface area contributed by atoms with Gasteiger partial charge < -0.3 is 0 Å². The van der Waals surface area contributed by atoms with Gasteiger partial charge in [-0.2, -0.15) is 0 Å². The molecule has 3 N–H and O–H groups in total. The van der Waals surface area contributed by atoms with Gasteiger partial charge in [-0.25, -0.2) is 0 Å². The van der Waals surface area contributed by atoms with Crippen molar-refractivity contribution in [2.24, 2.45) is 11.8 Å². The number of rotatable bonds is 4. The normalized spacial score (nSPS) is 19.5. The van der Waals surface area contributed by atoms with E-state index in [2.05, 4.69) is 25.3 Å². The van der Waals surface area contributed by atoms with Gasteiger partial charge in [0.05, 0.1) is 6.04 Å². The number of hydrogen-bond acceptors (Lipinski definition) is 3. The zero-order valence-electron chi connectivity index (χ0n) is 11.0. The third-order valence-corrected chi connectivity index (χ3v) is 5.29. The SMILES string of the molecule is Cc1cc(C(CC2CCCCC2)NN)sc1C. The van der Waals surface area contributed by atoms with E-state index in [1.165, 1.54) is 53.8 Å². The first-order chi connectivity index (χ1) is 8.20. The van der Waals surface area contributed by atoms with Crippen LogP contribution in [-0.4, -0.2) is 0 Å². The molecule has 1 aliphatic carbocycles. The summed E-state index contributed by atoms with van der Waals surface area (Å²) in [6, 6.07) is 2.66. The van der Waals surface area contributed by atoms with Crippen LogP contribution in [0.15, 0.2) is 6.07 Å². The number of aryl methyl sites for hydroxylation is 2. The molecule has 0 aliphatic heterocycles. The van der Waals surface area contributed by atoms with Gasteiger partial charge >= 0.3 is 0 Å². The van der Waals surface area contributed by atoms with Gasteiger partial charge in [-0.15, -0.1) is 11.3 Å². The van der Waals surface area contributed by atoms with Crippen LogP contribution in [0.3, 0.4) is 0 Å². The van der Waals surface area contributed by atoms with Crippen molar-refractivity contribution in [2.45, 2.75) is 58.4 Å². The first kappa shape index (κ1) is 13.1. The Labute approximate surface area is 109 Å². The Bertz CT molecular complexity index is 334. The van der Waals surface area contributed by atoms with Crippen molar-refractivity contribution in [1.82, 2.24) is 5.43 Å². The molecule has 96 valence electrons. The average molecular weight is 252 g/mol. The van der Waals surface area contributed by atoms with Crippen molar-refractivity contribution < 1.29 is 0 Å². The Morgan fingerprint density at radius 1 is 1.35 bits per heavy atom. The molecule has 1 unspecified atom stereocenters. The molecule has 17 heavy (non-hydrogen) atoms. The van der Waals surface area contributed by atoms with Crippen molar-refractivity contribution in [3.63, 3.8) is 0 Å². The third kappa shape index (κ3) is 3.30. The number of nitrogens with one attached hydrogen (secondary N) is 1. The van der Waals surface area contributed by atoms with Crippen LogP contribution in [-0.2, 0) is 0 Å². The van der Waals surface area contributed by atoms with Gasteiger partial charge in [-0.3, -0.25) is 11.3 Å². The Kier molecular flexibility index (Phi) is 4.60. The Morgan fingerprint density at radius 3 is 2.59 bits per heavy atom. The van der Waals surface area contributed by atoms with Crippen LogP contribution in [0.1, 0.15) is 59.9 Å². The maximum absolute atomic E-state index is 5.74. The summed E-state index contributed by atoms with van der Waals surface area (Å²) in [5.74, 6) is 6.61. The van der Waals surface area contributed by atoms with E-state index < -0.39 is 0 Å². The van der Waals surface area contributed by atoms with Crippen LogP contribution < -0.4 is 11.3 Å². The summed E-state index contributed by atoms with van der Waals surface area (Å²) in [5.41, 5.74) is 4.41. The van der Waals surface area contributed by atoms with E-state index in [9.17, 15) is 0 Å². The maximum atomic E-state index is 5.74. The molecule has 1 atom stereocenters. The van der Waals surface area contributed by atoms with Crippen LogP contribution in [0.5, 0.6) is 0 Å². The molecule has 2 nitrogen and oxygen atoms in total. The topological polar surface area (TPSA) is 38.0 Å². The van der Waals surface area contributed by atoms with E-state index in [-0.39, 0.29) is 0 Å². The number of thiophene rings is 1. The minimum Gasteiger partial charge on any atom is -0.271 e. The zero-order valence-corrected chi connectivity index (χ0v) is 11.8. The summed E-state index contributed by atoms with van der Waals surface area (Å²) < 4.78 is 0. The minimum absolute atomic E-state index is 0.357. The predicted octanol–water partition coefficient (Wildman–Crippen LogP) is 3.84. The summed E-state index contributed by atoms with van der Waals surface area (Å²) in [7, 11) is 0. The van der Waals surface area contributed by atoms with Gasteiger partial charge in [0.15, 0.2) is 0 Å². The van der Waals surface area contributed by atoms with Crippen molar-refractivity contribution in [3.8, 4) is 0 Å². The molecule has 1 heterocycles. The first-order valence-corrected chi connectivity index (χ1v) is 7.55. The molecule has 0 aromatic carbocycles. The summed E-state index contributed by atoms with van der Waals surface area (Å²) in [5, 5.41) is 0. The minimum atomic E-state index is 0.357. The molecule has 2 rings (SSSR count). The van der Waals surface area contributed by atoms with E-state index in [1.54, 1.807) is 0 Å². The molecule has 1 aromatic rings. The monoisotopic (exact) mass is 252 g/mol. The van der Waals surface area contributed by atoms with Crippen LogP contribution >= 0.6 is 11.3 Å². The Morgan fingerprint density at radius 2 is 2.06 bits per heavy atom. The highest BCUT2D eigenvalue weighted by atomic mass is 32.1. The van der Waals surface area contributed by atoms with Gasteiger partial charge in [0.1, 0.15) is 0 Å². The lowest BCUT2D eigenvalue weighted by Gasteiger charge is -2.25. The molecule has 1 aromatic heterocycles. The second kappa shape index (κ2) is 5.98. The molecule has 1 fully saturated rings. The molecular weight excluding hydrogens is 228 g/mol. The fourth-order valence-corrected chi connectivity index (χ4v) is 3.91. The van der Waals surface area contributed by atoms with Crippen molar-refractivity contribution in [3.05, 3.63) is 21.4 Å². The van der Waals surface area contributed by atoms with Crippen LogP contribution in [0.4, 0.5) is 0 Å². The lowest BCUT2D eigenvalue weighted by molar-refractivity contribution is 0.302. The summed E-state index contributed by atoms with van der Waals surface area (Å²) in [4.78, 5) is 2.83. The summed E-state index contributed by atoms with van der Waals surface area (Å²) in [6.45, 7) is 4.38. The van der Waals surface area contributed by atoms with Crippen molar-refractivity contribution in [2.75, 3.05) is 0 Å². The number of hydrogen-bond donors (Lipinski definition) is 2. The van der Waals surface area contributed by atoms with E-state index >= 15 is 0 Å².